The molecule has 0 saturated heterocycles. The number of nitrogens with one attached hydrogen (secondary N) is 1. The fourth-order valence-electron chi connectivity index (χ4n) is 0.830. The van der Waals surface area contributed by atoms with Gasteiger partial charge in [-0.3, -0.25) is 15.2 Å². The molecule has 0 unspecified atom stereocenters. The number of ether oxygens (including phenoxy) is 1. The number of amides is 1. The monoisotopic (exact) mass is 196 g/mol. The number of rotatable bonds is 3. The number of hydrogen-bond acceptors (Lipinski definition) is 5. The molecule has 0 aromatic carbocycles. The van der Waals surface area contributed by atoms with Gasteiger partial charge in [0.1, 0.15) is 0 Å². The zero-order chi connectivity index (χ0) is 10.6. The van der Waals surface area contributed by atoms with Gasteiger partial charge in [0, 0.05) is 0 Å². The third kappa shape index (κ3) is 2.67. The number of carbonyl (C=O) groups excluding carboxylic acids is 1. The van der Waals surface area contributed by atoms with Gasteiger partial charge < -0.3 is 4.74 Å². The van der Waals surface area contributed by atoms with E-state index >= 15 is 0 Å². The first-order valence-corrected chi connectivity index (χ1v) is 4.13. The molecule has 1 aromatic rings. The lowest BCUT2D eigenvalue weighted by Crippen LogP contribution is -2.30. The highest BCUT2D eigenvalue weighted by molar-refractivity contribution is 5.91. The number of hydrogen-bond donors (Lipinski definition) is 2. The van der Waals surface area contributed by atoms with Crippen molar-refractivity contribution in [3.63, 3.8) is 0 Å². The van der Waals surface area contributed by atoms with Gasteiger partial charge in [-0.15, -0.1) is 0 Å². The van der Waals surface area contributed by atoms with E-state index in [2.05, 4.69) is 9.97 Å². The van der Waals surface area contributed by atoms with E-state index in [0.717, 1.165) is 0 Å². The van der Waals surface area contributed by atoms with Gasteiger partial charge in [0.2, 0.25) is 5.88 Å². The Kier molecular flexibility index (Phi) is 3.35. The number of hydrazine groups is 1. The van der Waals surface area contributed by atoms with E-state index in [4.69, 9.17) is 10.6 Å². The second-order valence-corrected chi connectivity index (χ2v) is 2.88. The van der Waals surface area contributed by atoms with E-state index in [1.54, 1.807) is 0 Å². The van der Waals surface area contributed by atoms with Crippen LogP contribution in [0.3, 0.4) is 0 Å². The summed E-state index contributed by atoms with van der Waals surface area (Å²) in [5, 5.41) is 0. The highest BCUT2D eigenvalue weighted by Crippen LogP contribution is 2.06. The van der Waals surface area contributed by atoms with Gasteiger partial charge in [-0.1, -0.05) is 0 Å². The molecule has 1 heterocycles. The van der Waals surface area contributed by atoms with Crippen LogP contribution in [0.4, 0.5) is 0 Å². The van der Waals surface area contributed by atoms with Crippen LogP contribution in [0.25, 0.3) is 0 Å². The summed E-state index contributed by atoms with van der Waals surface area (Å²) in [5.41, 5.74) is 2.10. The summed E-state index contributed by atoms with van der Waals surface area (Å²) in [4.78, 5) is 18.8. The molecule has 0 aliphatic heterocycles. The minimum absolute atomic E-state index is 0.0134. The van der Waals surface area contributed by atoms with Gasteiger partial charge >= 0.3 is 0 Å². The smallest absolute Gasteiger partial charge is 0.285 e. The lowest BCUT2D eigenvalue weighted by Gasteiger charge is -2.08. The predicted octanol–water partition coefficient (Wildman–Crippen LogP) is -0.133. The maximum Gasteiger partial charge on any atom is 0.285 e. The van der Waals surface area contributed by atoms with E-state index in [1.165, 1.54) is 12.4 Å². The van der Waals surface area contributed by atoms with E-state index in [1.807, 2.05) is 19.3 Å². The van der Waals surface area contributed by atoms with Gasteiger partial charge in [0.05, 0.1) is 18.5 Å². The number of nitrogens with zero attached hydrogens (tertiary/aromatic N) is 2. The Morgan fingerprint density at radius 1 is 1.57 bits per heavy atom. The van der Waals surface area contributed by atoms with E-state index in [0.29, 0.717) is 5.88 Å². The molecule has 0 bridgehead atoms. The first kappa shape index (κ1) is 10.4. The second kappa shape index (κ2) is 4.52. The maximum atomic E-state index is 11.1. The number of aromatic nitrogens is 2. The van der Waals surface area contributed by atoms with Crippen molar-refractivity contribution in [2.45, 2.75) is 20.0 Å². The van der Waals surface area contributed by atoms with Crippen LogP contribution >= 0.6 is 0 Å². The molecule has 0 radical (unpaired) electrons. The first-order chi connectivity index (χ1) is 6.63. The van der Waals surface area contributed by atoms with Crippen LogP contribution in [0.5, 0.6) is 5.88 Å². The predicted molar refractivity (Wildman–Crippen MR) is 49.4 cm³/mol. The molecule has 1 amide bonds. The summed E-state index contributed by atoms with van der Waals surface area (Å²) in [6.45, 7) is 3.72. The van der Waals surface area contributed by atoms with Crippen LogP contribution in [0, 0.1) is 0 Å². The van der Waals surface area contributed by atoms with Crippen molar-refractivity contribution in [3.8, 4) is 5.88 Å². The number of carbonyl (C=O) groups is 1. The number of nitrogens with two attached hydrogens (primary N) is 1. The zero-order valence-corrected chi connectivity index (χ0v) is 8.02. The van der Waals surface area contributed by atoms with E-state index in [9.17, 15) is 4.79 Å². The Morgan fingerprint density at radius 3 is 2.86 bits per heavy atom. The Morgan fingerprint density at radius 2 is 2.29 bits per heavy atom. The molecule has 0 fully saturated rings. The second-order valence-electron chi connectivity index (χ2n) is 2.88. The van der Waals surface area contributed by atoms with Gasteiger partial charge in [-0.05, 0) is 13.8 Å². The SMILES string of the molecule is CC(C)Oc1cncc(C(=O)NN)n1. The molecule has 6 nitrogen and oxygen atoms in total. The van der Waals surface area contributed by atoms with E-state index in [-0.39, 0.29) is 11.8 Å². The molecule has 0 aliphatic rings. The summed E-state index contributed by atoms with van der Waals surface area (Å²) in [7, 11) is 0. The molecule has 0 spiro atoms. The average molecular weight is 196 g/mol. The van der Waals surface area contributed by atoms with Crippen LogP contribution in [0.15, 0.2) is 12.4 Å². The Balaban J connectivity index is 2.84. The molecule has 3 N–H and O–H groups in total. The molecule has 1 rings (SSSR count). The summed E-state index contributed by atoms with van der Waals surface area (Å²) in [6.07, 6.45) is 2.74. The highest BCUT2D eigenvalue weighted by atomic mass is 16.5. The molecule has 0 atom stereocenters. The lowest BCUT2D eigenvalue weighted by atomic mass is 10.4. The highest BCUT2D eigenvalue weighted by Gasteiger charge is 2.07. The largest absolute Gasteiger partial charge is 0.474 e. The molecule has 1 aromatic heterocycles. The summed E-state index contributed by atoms with van der Waals surface area (Å²) in [5.74, 6) is 4.76. The van der Waals surface area contributed by atoms with Crippen molar-refractivity contribution in [1.82, 2.24) is 15.4 Å². The molecule has 0 aliphatic carbocycles. The molecule has 0 saturated carbocycles. The van der Waals surface area contributed by atoms with Crippen molar-refractivity contribution < 1.29 is 9.53 Å². The Labute approximate surface area is 81.5 Å². The summed E-state index contributed by atoms with van der Waals surface area (Å²) < 4.78 is 5.26. The molecule has 76 valence electrons. The summed E-state index contributed by atoms with van der Waals surface area (Å²) in [6, 6.07) is 0. The minimum atomic E-state index is -0.494. The third-order valence-electron chi connectivity index (χ3n) is 1.33. The maximum absolute atomic E-state index is 11.1. The van der Waals surface area contributed by atoms with Crippen LogP contribution < -0.4 is 16.0 Å². The van der Waals surface area contributed by atoms with Gasteiger partial charge in [0.25, 0.3) is 5.91 Å². The van der Waals surface area contributed by atoms with Gasteiger partial charge in [-0.25, -0.2) is 10.8 Å². The topological polar surface area (TPSA) is 90.1 Å². The van der Waals surface area contributed by atoms with Crippen molar-refractivity contribution >= 4 is 5.91 Å². The van der Waals surface area contributed by atoms with Crippen molar-refractivity contribution in [2.75, 3.05) is 0 Å². The Bertz CT molecular complexity index is 327. The molecule has 14 heavy (non-hydrogen) atoms. The third-order valence-corrected chi connectivity index (χ3v) is 1.33. The van der Waals surface area contributed by atoms with Crippen LogP contribution in [-0.4, -0.2) is 22.0 Å². The normalized spacial score (nSPS) is 10.0. The molecule has 6 heteroatoms. The lowest BCUT2D eigenvalue weighted by molar-refractivity contribution is 0.0946. The van der Waals surface area contributed by atoms with Crippen LogP contribution in [-0.2, 0) is 0 Å². The zero-order valence-electron chi connectivity index (χ0n) is 8.02. The van der Waals surface area contributed by atoms with Crippen LogP contribution in [0.2, 0.25) is 0 Å². The average Bonchev–Trinajstić information content (AvgIpc) is 2.16. The fourth-order valence-corrected chi connectivity index (χ4v) is 0.830. The Hall–Kier alpha value is -1.69. The quantitative estimate of drug-likeness (QED) is 0.399. The van der Waals surface area contributed by atoms with Crippen molar-refractivity contribution in [1.29, 1.82) is 0 Å². The standard InChI is InChI=1S/C8H12N4O2/c1-5(2)14-7-4-10-3-6(11-7)8(13)12-9/h3-5H,9H2,1-2H3,(H,12,13). The fraction of sp³-hybridized carbons (Fsp3) is 0.375. The minimum Gasteiger partial charge on any atom is -0.474 e. The first-order valence-electron chi connectivity index (χ1n) is 4.13. The van der Waals surface area contributed by atoms with E-state index < -0.39 is 5.91 Å². The molecular weight excluding hydrogens is 184 g/mol. The molecular formula is C8H12N4O2. The van der Waals surface area contributed by atoms with Crippen molar-refractivity contribution in [2.24, 2.45) is 5.84 Å². The van der Waals surface area contributed by atoms with Gasteiger partial charge in [-0.2, -0.15) is 0 Å². The van der Waals surface area contributed by atoms with Crippen LogP contribution in [0.1, 0.15) is 24.3 Å². The van der Waals surface area contributed by atoms with Crippen molar-refractivity contribution in [3.05, 3.63) is 18.1 Å². The number of nitrogen functional groups attached to an aromatic ring is 1. The summed E-state index contributed by atoms with van der Waals surface area (Å²) >= 11 is 0. The van der Waals surface area contributed by atoms with Gasteiger partial charge in [0.15, 0.2) is 5.69 Å².